The SMILES string of the molecule is COCCOCCC(N)Cc1cccc(OC)c1F. The van der Waals surface area contributed by atoms with Gasteiger partial charge in [0.2, 0.25) is 0 Å². The fourth-order valence-electron chi connectivity index (χ4n) is 1.74. The van der Waals surface area contributed by atoms with E-state index < -0.39 is 0 Å². The lowest BCUT2D eigenvalue weighted by molar-refractivity contribution is 0.0672. The van der Waals surface area contributed by atoms with E-state index in [1.807, 2.05) is 0 Å². The molecule has 0 heterocycles. The van der Waals surface area contributed by atoms with Crippen LogP contribution < -0.4 is 10.5 Å². The van der Waals surface area contributed by atoms with Gasteiger partial charge < -0.3 is 19.9 Å². The first-order valence-corrected chi connectivity index (χ1v) is 6.32. The Morgan fingerprint density at radius 2 is 2.00 bits per heavy atom. The summed E-state index contributed by atoms with van der Waals surface area (Å²) in [7, 11) is 3.08. The fraction of sp³-hybridized carbons (Fsp3) is 0.571. The van der Waals surface area contributed by atoms with Crippen molar-refractivity contribution in [3.63, 3.8) is 0 Å². The van der Waals surface area contributed by atoms with Crippen molar-refractivity contribution in [1.29, 1.82) is 0 Å². The van der Waals surface area contributed by atoms with Crippen molar-refractivity contribution in [3.05, 3.63) is 29.6 Å². The predicted molar refractivity (Wildman–Crippen MR) is 71.9 cm³/mol. The summed E-state index contributed by atoms with van der Waals surface area (Å²) < 4.78 is 29.0. The summed E-state index contributed by atoms with van der Waals surface area (Å²) in [4.78, 5) is 0. The van der Waals surface area contributed by atoms with Gasteiger partial charge in [0, 0.05) is 19.8 Å². The molecule has 1 aromatic carbocycles. The van der Waals surface area contributed by atoms with Gasteiger partial charge in [0.05, 0.1) is 20.3 Å². The zero-order chi connectivity index (χ0) is 14.1. The molecule has 0 saturated heterocycles. The molecule has 0 aromatic heterocycles. The van der Waals surface area contributed by atoms with E-state index in [0.717, 1.165) is 0 Å². The van der Waals surface area contributed by atoms with E-state index in [4.69, 9.17) is 19.9 Å². The zero-order valence-corrected chi connectivity index (χ0v) is 11.5. The Bertz CT molecular complexity index is 374. The monoisotopic (exact) mass is 271 g/mol. The topological polar surface area (TPSA) is 53.7 Å². The lowest BCUT2D eigenvalue weighted by Gasteiger charge is -2.13. The number of benzene rings is 1. The molecule has 19 heavy (non-hydrogen) atoms. The minimum absolute atomic E-state index is 0.135. The molecule has 0 aliphatic rings. The van der Waals surface area contributed by atoms with Gasteiger partial charge in [-0.05, 0) is 24.5 Å². The van der Waals surface area contributed by atoms with Crippen LogP contribution >= 0.6 is 0 Å². The minimum atomic E-state index is -0.333. The van der Waals surface area contributed by atoms with Crippen molar-refractivity contribution in [2.45, 2.75) is 18.9 Å². The van der Waals surface area contributed by atoms with Crippen molar-refractivity contribution in [2.24, 2.45) is 5.73 Å². The Morgan fingerprint density at radius 3 is 2.68 bits per heavy atom. The minimum Gasteiger partial charge on any atom is -0.494 e. The molecule has 1 unspecified atom stereocenters. The highest BCUT2D eigenvalue weighted by molar-refractivity contribution is 5.31. The zero-order valence-electron chi connectivity index (χ0n) is 11.5. The molecule has 0 spiro atoms. The number of hydrogen-bond donors (Lipinski definition) is 1. The fourth-order valence-corrected chi connectivity index (χ4v) is 1.74. The molecule has 0 amide bonds. The molecule has 0 saturated carbocycles. The van der Waals surface area contributed by atoms with E-state index in [0.29, 0.717) is 38.2 Å². The Balaban J connectivity index is 2.37. The smallest absolute Gasteiger partial charge is 0.168 e. The maximum Gasteiger partial charge on any atom is 0.168 e. The molecule has 4 nitrogen and oxygen atoms in total. The summed E-state index contributed by atoms with van der Waals surface area (Å²) in [5.41, 5.74) is 6.54. The lowest BCUT2D eigenvalue weighted by atomic mass is 10.0. The van der Waals surface area contributed by atoms with Crippen LogP contribution in [0.25, 0.3) is 0 Å². The number of ether oxygens (including phenoxy) is 3. The van der Waals surface area contributed by atoms with E-state index in [2.05, 4.69) is 0 Å². The highest BCUT2D eigenvalue weighted by Crippen LogP contribution is 2.21. The van der Waals surface area contributed by atoms with Crippen LogP contribution in [0, 0.1) is 5.82 Å². The van der Waals surface area contributed by atoms with Gasteiger partial charge in [-0.15, -0.1) is 0 Å². The van der Waals surface area contributed by atoms with Gasteiger partial charge in [-0.1, -0.05) is 12.1 Å². The van der Waals surface area contributed by atoms with Crippen LogP contribution in [-0.2, 0) is 15.9 Å². The van der Waals surface area contributed by atoms with Crippen molar-refractivity contribution < 1.29 is 18.6 Å². The molecular weight excluding hydrogens is 249 g/mol. The largest absolute Gasteiger partial charge is 0.494 e. The average Bonchev–Trinajstić information content (AvgIpc) is 2.41. The first kappa shape index (κ1) is 15.9. The van der Waals surface area contributed by atoms with Crippen LogP contribution in [0.15, 0.2) is 18.2 Å². The Kier molecular flexibility index (Phi) is 7.40. The summed E-state index contributed by atoms with van der Waals surface area (Å²) >= 11 is 0. The molecule has 1 rings (SSSR count). The summed E-state index contributed by atoms with van der Waals surface area (Å²) in [6, 6.07) is 4.95. The van der Waals surface area contributed by atoms with Crippen LogP contribution in [0.3, 0.4) is 0 Å². The van der Waals surface area contributed by atoms with E-state index in [9.17, 15) is 4.39 Å². The van der Waals surface area contributed by atoms with E-state index in [-0.39, 0.29) is 17.6 Å². The highest BCUT2D eigenvalue weighted by atomic mass is 19.1. The van der Waals surface area contributed by atoms with E-state index >= 15 is 0 Å². The van der Waals surface area contributed by atoms with Gasteiger partial charge in [0.15, 0.2) is 11.6 Å². The van der Waals surface area contributed by atoms with Crippen molar-refractivity contribution in [1.82, 2.24) is 0 Å². The molecular formula is C14H22FNO3. The van der Waals surface area contributed by atoms with Gasteiger partial charge in [0.1, 0.15) is 0 Å². The second-order valence-corrected chi connectivity index (χ2v) is 4.29. The normalized spacial score (nSPS) is 12.4. The average molecular weight is 271 g/mol. The van der Waals surface area contributed by atoms with Crippen LogP contribution in [-0.4, -0.2) is 40.1 Å². The Morgan fingerprint density at radius 1 is 1.21 bits per heavy atom. The maximum absolute atomic E-state index is 13.9. The second kappa shape index (κ2) is 8.85. The summed E-state index contributed by atoms with van der Waals surface area (Å²) in [6.07, 6.45) is 1.15. The van der Waals surface area contributed by atoms with Gasteiger partial charge in [-0.25, -0.2) is 4.39 Å². The third-order valence-corrected chi connectivity index (χ3v) is 2.81. The number of halogens is 1. The van der Waals surface area contributed by atoms with Crippen LogP contribution in [0.1, 0.15) is 12.0 Å². The first-order chi connectivity index (χ1) is 9.19. The molecule has 0 radical (unpaired) electrons. The van der Waals surface area contributed by atoms with E-state index in [1.165, 1.54) is 7.11 Å². The molecule has 0 aliphatic carbocycles. The molecule has 108 valence electrons. The quantitative estimate of drug-likeness (QED) is 0.695. The van der Waals surface area contributed by atoms with Crippen molar-refractivity contribution >= 4 is 0 Å². The highest BCUT2D eigenvalue weighted by Gasteiger charge is 2.11. The van der Waals surface area contributed by atoms with Gasteiger partial charge >= 0.3 is 0 Å². The number of methoxy groups -OCH3 is 2. The van der Waals surface area contributed by atoms with Gasteiger partial charge in [-0.2, -0.15) is 0 Å². The second-order valence-electron chi connectivity index (χ2n) is 4.29. The summed E-state index contributed by atoms with van der Waals surface area (Å²) in [5, 5.41) is 0. The van der Waals surface area contributed by atoms with E-state index in [1.54, 1.807) is 25.3 Å². The lowest BCUT2D eigenvalue weighted by Crippen LogP contribution is -2.25. The van der Waals surface area contributed by atoms with Gasteiger partial charge in [0.25, 0.3) is 0 Å². The predicted octanol–water partition coefficient (Wildman–Crippen LogP) is 1.76. The standard InChI is InChI=1S/C14H22FNO3/c1-17-8-9-19-7-6-12(16)10-11-4-3-5-13(18-2)14(11)15/h3-5,12H,6-10,16H2,1-2H3. The van der Waals surface area contributed by atoms with Crippen LogP contribution in [0.5, 0.6) is 5.75 Å². The van der Waals surface area contributed by atoms with Gasteiger partial charge in [-0.3, -0.25) is 0 Å². The third kappa shape index (κ3) is 5.55. The number of rotatable bonds is 9. The summed E-state index contributed by atoms with van der Waals surface area (Å²) in [6.45, 7) is 1.67. The maximum atomic E-state index is 13.9. The van der Waals surface area contributed by atoms with Crippen LogP contribution in [0.2, 0.25) is 0 Å². The van der Waals surface area contributed by atoms with Crippen LogP contribution in [0.4, 0.5) is 4.39 Å². The number of nitrogens with two attached hydrogens (primary N) is 1. The molecule has 2 N–H and O–H groups in total. The van der Waals surface area contributed by atoms with Crippen molar-refractivity contribution in [3.8, 4) is 5.75 Å². The molecule has 0 aliphatic heterocycles. The molecule has 0 fully saturated rings. The molecule has 1 aromatic rings. The first-order valence-electron chi connectivity index (χ1n) is 6.32. The number of hydrogen-bond acceptors (Lipinski definition) is 4. The molecule has 5 heteroatoms. The summed E-state index contributed by atoms with van der Waals surface area (Å²) in [5.74, 6) is -0.0817. The molecule has 0 bridgehead atoms. The Labute approximate surface area is 113 Å². The van der Waals surface area contributed by atoms with Crippen molar-refractivity contribution in [2.75, 3.05) is 34.0 Å². The Hall–Kier alpha value is -1.17. The molecule has 1 atom stereocenters. The third-order valence-electron chi connectivity index (χ3n) is 2.81.